The van der Waals surface area contributed by atoms with Gasteiger partial charge in [0, 0.05) is 22.8 Å². The average Bonchev–Trinajstić information content (AvgIpc) is 2.85. The van der Waals surface area contributed by atoms with Crippen LogP contribution >= 0.6 is 23.8 Å². The quantitative estimate of drug-likeness (QED) is 0.448. The molecule has 3 aromatic carbocycles. The number of amides is 1. The van der Waals surface area contributed by atoms with Crippen molar-refractivity contribution in [3.63, 3.8) is 0 Å². The Morgan fingerprint density at radius 2 is 1.91 bits per heavy atom. The molecule has 3 aromatic rings. The van der Waals surface area contributed by atoms with E-state index in [1.807, 2.05) is 48.2 Å². The minimum atomic E-state index is -1.00. The van der Waals surface area contributed by atoms with Crippen LogP contribution in [0.5, 0.6) is 11.5 Å². The van der Waals surface area contributed by atoms with E-state index in [1.165, 1.54) is 5.56 Å². The van der Waals surface area contributed by atoms with E-state index in [2.05, 4.69) is 22.8 Å². The zero-order valence-corrected chi connectivity index (χ0v) is 21.0. The third-order valence-corrected chi connectivity index (χ3v) is 7.29. The number of nitrogens with one attached hydrogen (secondary N) is 2. The number of hydrogen-bond acceptors (Lipinski definition) is 4. The minimum Gasteiger partial charge on any atom is -0.497 e. The van der Waals surface area contributed by atoms with E-state index in [0.717, 1.165) is 12.0 Å². The number of carbonyl (C=O) groups excluding carboxylic acids is 1. The molecule has 180 valence electrons. The highest BCUT2D eigenvalue weighted by atomic mass is 35.5. The van der Waals surface area contributed by atoms with Crippen LogP contribution in [0.2, 0.25) is 5.02 Å². The van der Waals surface area contributed by atoms with Crippen molar-refractivity contribution in [2.24, 2.45) is 5.92 Å². The van der Waals surface area contributed by atoms with Gasteiger partial charge in [0.15, 0.2) is 10.8 Å². The maximum absolute atomic E-state index is 13.8. The summed E-state index contributed by atoms with van der Waals surface area (Å²) in [5.41, 5.74) is 1.68. The van der Waals surface area contributed by atoms with Gasteiger partial charge in [-0.15, -0.1) is 0 Å². The molecule has 2 heterocycles. The predicted octanol–water partition coefficient (Wildman–Crippen LogP) is 5.19. The Morgan fingerprint density at radius 3 is 2.63 bits per heavy atom. The topological polar surface area (TPSA) is 62.8 Å². The van der Waals surface area contributed by atoms with Gasteiger partial charge >= 0.3 is 0 Å². The summed E-state index contributed by atoms with van der Waals surface area (Å²) < 4.78 is 12.1. The van der Waals surface area contributed by atoms with Gasteiger partial charge in [-0.25, -0.2) is 0 Å². The summed E-state index contributed by atoms with van der Waals surface area (Å²) in [7, 11) is 1.62. The van der Waals surface area contributed by atoms with Crippen molar-refractivity contribution >= 4 is 40.5 Å². The van der Waals surface area contributed by atoms with Crippen LogP contribution in [0.3, 0.4) is 0 Å². The van der Waals surface area contributed by atoms with Crippen LogP contribution < -0.4 is 20.1 Å². The summed E-state index contributed by atoms with van der Waals surface area (Å²) in [6, 6.07) is 22.5. The summed E-state index contributed by atoms with van der Waals surface area (Å²) in [5.74, 6) is 0.619. The Hall–Kier alpha value is -3.29. The van der Waals surface area contributed by atoms with Crippen LogP contribution in [0.25, 0.3) is 0 Å². The van der Waals surface area contributed by atoms with Gasteiger partial charge in [-0.2, -0.15) is 0 Å². The van der Waals surface area contributed by atoms with E-state index in [-0.39, 0.29) is 11.9 Å². The van der Waals surface area contributed by atoms with Crippen molar-refractivity contribution < 1.29 is 14.3 Å². The van der Waals surface area contributed by atoms with E-state index in [9.17, 15) is 4.79 Å². The molecule has 8 heteroatoms. The van der Waals surface area contributed by atoms with E-state index >= 15 is 0 Å². The summed E-state index contributed by atoms with van der Waals surface area (Å²) in [4.78, 5) is 15.8. The summed E-state index contributed by atoms with van der Waals surface area (Å²) in [6.07, 6.45) is 0.757. The maximum Gasteiger partial charge on any atom is 0.236 e. The van der Waals surface area contributed by atoms with Crippen molar-refractivity contribution in [2.75, 3.05) is 19.0 Å². The number of nitrogens with zero attached hydrogens (tertiary/aromatic N) is 1. The second kappa shape index (κ2) is 9.40. The molecule has 35 heavy (non-hydrogen) atoms. The second-order valence-electron chi connectivity index (χ2n) is 8.85. The molecule has 2 aliphatic heterocycles. The lowest BCUT2D eigenvalue weighted by Crippen LogP contribution is -2.71. The van der Waals surface area contributed by atoms with Crippen LogP contribution in [0.1, 0.15) is 24.1 Å². The van der Waals surface area contributed by atoms with Gasteiger partial charge in [-0.1, -0.05) is 41.9 Å². The molecule has 1 fully saturated rings. The Kier molecular flexibility index (Phi) is 6.30. The van der Waals surface area contributed by atoms with Gasteiger partial charge in [-0.05, 0) is 73.6 Å². The number of benzene rings is 3. The minimum absolute atomic E-state index is 0.173. The zero-order valence-electron chi connectivity index (χ0n) is 19.5. The first-order chi connectivity index (χ1) is 16.9. The van der Waals surface area contributed by atoms with E-state index in [4.69, 9.17) is 33.3 Å². The molecule has 2 aliphatic rings. The van der Waals surface area contributed by atoms with Crippen LogP contribution in [0, 0.1) is 5.92 Å². The molecular weight excluding hydrogens is 482 g/mol. The number of rotatable bonds is 6. The highest BCUT2D eigenvalue weighted by molar-refractivity contribution is 7.80. The third-order valence-electron chi connectivity index (χ3n) is 6.70. The van der Waals surface area contributed by atoms with Crippen LogP contribution in [0.4, 0.5) is 5.69 Å². The first-order valence-electron chi connectivity index (χ1n) is 11.4. The number of anilines is 1. The number of methoxy groups -OCH3 is 1. The van der Waals surface area contributed by atoms with Crippen LogP contribution in [-0.2, 0) is 11.2 Å². The largest absolute Gasteiger partial charge is 0.497 e. The van der Waals surface area contributed by atoms with E-state index < -0.39 is 11.6 Å². The van der Waals surface area contributed by atoms with Gasteiger partial charge in [0.05, 0.1) is 13.2 Å². The van der Waals surface area contributed by atoms with Crippen molar-refractivity contribution in [3.8, 4) is 11.5 Å². The van der Waals surface area contributed by atoms with Gasteiger partial charge in [0.1, 0.15) is 17.4 Å². The summed E-state index contributed by atoms with van der Waals surface area (Å²) in [5, 5.41) is 7.63. The Balaban J connectivity index is 1.52. The molecule has 0 radical (unpaired) electrons. The highest BCUT2D eigenvalue weighted by Crippen LogP contribution is 2.49. The monoisotopic (exact) mass is 507 g/mol. The van der Waals surface area contributed by atoms with E-state index in [0.29, 0.717) is 33.9 Å². The molecular formula is C27H26ClN3O3S. The maximum atomic E-state index is 13.8. The molecule has 0 saturated carbocycles. The smallest absolute Gasteiger partial charge is 0.236 e. The fourth-order valence-corrected chi connectivity index (χ4v) is 5.44. The van der Waals surface area contributed by atoms with Crippen molar-refractivity contribution in [2.45, 2.75) is 25.1 Å². The average molecular weight is 508 g/mol. The number of fused-ring (bicyclic) bond motifs is 4. The van der Waals surface area contributed by atoms with Crippen molar-refractivity contribution in [3.05, 3.63) is 88.9 Å². The number of thiocarbonyl (C=S) groups is 1. The molecule has 6 nitrogen and oxygen atoms in total. The van der Waals surface area contributed by atoms with Crippen LogP contribution in [0.15, 0.2) is 72.8 Å². The normalized spacial score (nSPS) is 22.5. The molecule has 3 atom stereocenters. The van der Waals surface area contributed by atoms with Crippen LogP contribution in [-0.4, -0.2) is 35.3 Å². The third kappa shape index (κ3) is 4.42. The second-order valence-corrected chi connectivity index (χ2v) is 9.67. The van der Waals surface area contributed by atoms with Gasteiger partial charge in [-0.3, -0.25) is 4.79 Å². The lowest BCUT2D eigenvalue weighted by molar-refractivity contribution is -0.149. The molecule has 1 saturated heterocycles. The van der Waals surface area contributed by atoms with Crippen molar-refractivity contribution in [1.82, 2.24) is 10.2 Å². The number of hydrogen-bond donors (Lipinski definition) is 2. The summed E-state index contributed by atoms with van der Waals surface area (Å²) in [6.45, 7) is 2.53. The molecule has 0 aliphatic carbocycles. The zero-order chi connectivity index (χ0) is 24.6. The molecule has 0 aromatic heterocycles. The molecule has 2 bridgehead atoms. The van der Waals surface area contributed by atoms with E-state index in [1.54, 1.807) is 31.4 Å². The van der Waals surface area contributed by atoms with Crippen molar-refractivity contribution in [1.29, 1.82) is 0 Å². The number of ether oxygens (including phenoxy) is 2. The molecule has 1 amide bonds. The molecule has 2 N–H and O–H groups in total. The molecule has 5 rings (SSSR count). The fourth-order valence-electron chi connectivity index (χ4n) is 4.92. The lowest BCUT2D eigenvalue weighted by Gasteiger charge is -2.56. The fraction of sp³-hybridized carbons (Fsp3) is 0.259. The number of carbonyl (C=O) groups is 1. The van der Waals surface area contributed by atoms with Gasteiger partial charge in [0.2, 0.25) is 5.91 Å². The first-order valence-corrected chi connectivity index (χ1v) is 12.2. The Morgan fingerprint density at radius 1 is 1.17 bits per heavy atom. The van der Waals surface area contributed by atoms with Gasteiger partial charge < -0.3 is 25.0 Å². The highest BCUT2D eigenvalue weighted by Gasteiger charge is 2.58. The number of halogens is 1. The molecule has 0 spiro atoms. The summed E-state index contributed by atoms with van der Waals surface area (Å²) >= 11 is 11.8. The predicted molar refractivity (Wildman–Crippen MR) is 141 cm³/mol. The Bertz CT molecular complexity index is 1250. The Labute approximate surface area is 215 Å². The first kappa shape index (κ1) is 23.5. The standard InChI is InChI=1S/C27H26ClN3O3S/c1-27-23(25(32)29-19-10-8-18(28)9-11-19)24(21-16-20(33-2)12-13-22(21)34-27)30-26(35)31(27)15-14-17-6-4-3-5-7-17/h3-13,16,23-24H,14-15H2,1-2H3,(H,29,32)(H,30,35)/t23-,24-,27+/m1/s1. The SMILES string of the molecule is COc1ccc2c(c1)[C@H]1NC(=S)N(CCc3ccccc3)[C@@](C)(O2)[C@H]1C(=O)Nc1ccc(Cl)cc1. The molecule has 0 unspecified atom stereocenters. The lowest BCUT2D eigenvalue weighted by atomic mass is 9.78. The van der Waals surface area contributed by atoms with Gasteiger partial charge in [0.25, 0.3) is 0 Å².